The first-order chi connectivity index (χ1) is 14.6. The Bertz CT molecular complexity index is 824. The molecule has 0 saturated carbocycles. The van der Waals surface area contributed by atoms with Crippen LogP contribution in [0.3, 0.4) is 0 Å². The number of hydrazone groups is 1. The predicted octanol–water partition coefficient (Wildman–Crippen LogP) is 3.39. The zero-order valence-electron chi connectivity index (χ0n) is 17.8. The maximum atomic E-state index is 14.5. The third kappa shape index (κ3) is 7.74. The molecule has 31 heavy (non-hydrogen) atoms. The Morgan fingerprint density at radius 3 is 2.84 bits per heavy atom. The standard InChI is InChI=1S/C20H28F4N6O/c1-4-26-14(2)9-11-30(18-6-5-10-27-28-19(25)29(18)3)13-15-12-16(7-8-17(15)21)31-20(22,23)24/h5,7-8,10,12,18,27H,4,6,9,11,13H2,1-3H3,(H2,25,28). The van der Waals surface area contributed by atoms with E-state index in [1.165, 1.54) is 0 Å². The average molecular weight is 444 g/mol. The van der Waals surface area contributed by atoms with E-state index in [1.54, 1.807) is 18.1 Å². The second-order valence-corrected chi connectivity index (χ2v) is 7.06. The zero-order chi connectivity index (χ0) is 23.0. The van der Waals surface area contributed by atoms with Gasteiger partial charge in [-0.15, -0.1) is 18.3 Å². The van der Waals surface area contributed by atoms with Gasteiger partial charge in [-0.05, 0) is 38.5 Å². The van der Waals surface area contributed by atoms with Crippen LogP contribution in [0, 0.1) is 5.82 Å². The molecule has 0 aliphatic carbocycles. The van der Waals surface area contributed by atoms with Gasteiger partial charge in [0, 0.05) is 50.6 Å². The first kappa shape index (κ1) is 24.4. The summed E-state index contributed by atoms with van der Waals surface area (Å²) in [4.78, 5) is 8.04. The fraction of sp³-hybridized carbons (Fsp3) is 0.500. The van der Waals surface area contributed by atoms with Crippen molar-refractivity contribution in [2.24, 2.45) is 15.8 Å². The fourth-order valence-electron chi connectivity index (χ4n) is 3.21. The molecule has 1 atom stereocenters. The number of hydrogen-bond donors (Lipinski definition) is 2. The number of aliphatic imine (C=N–C) groups is 1. The van der Waals surface area contributed by atoms with Crippen LogP contribution in [0.15, 0.2) is 40.6 Å². The molecule has 0 radical (unpaired) electrons. The Labute approximate surface area is 179 Å². The molecule has 3 N–H and O–H groups in total. The molecule has 1 unspecified atom stereocenters. The van der Waals surface area contributed by atoms with E-state index in [0.29, 0.717) is 25.9 Å². The van der Waals surface area contributed by atoms with Crippen molar-refractivity contribution in [2.45, 2.75) is 45.8 Å². The highest BCUT2D eigenvalue weighted by atomic mass is 19.4. The van der Waals surface area contributed by atoms with Crippen molar-refractivity contribution in [3.8, 4) is 5.75 Å². The van der Waals surface area contributed by atoms with Gasteiger partial charge in [0.05, 0.1) is 6.17 Å². The third-order valence-corrected chi connectivity index (χ3v) is 4.76. The molecule has 0 amide bonds. The van der Waals surface area contributed by atoms with Gasteiger partial charge in [-0.3, -0.25) is 15.3 Å². The lowest BCUT2D eigenvalue weighted by Crippen LogP contribution is -2.52. The van der Waals surface area contributed by atoms with E-state index in [0.717, 1.165) is 23.9 Å². The summed E-state index contributed by atoms with van der Waals surface area (Å²) >= 11 is 0. The van der Waals surface area contributed by atoms with E-state index in [9.17, 15) is 17.6 Å². The minimum atomic E-state index is -4.86. The first-order valence-corrected chi connectivity index (χ1v) is 9.85. The number of nitrogens with two attached hydrogens (primary N) is 1. The largest absolute Gasteiger partial charge is 0.573 e. The maximum absolute atomic E-state index is 14.5. The predicted molar refractivity (Wildman–Crippen MR) is 112 cm³/mol. The van der Waals surface area contributed by atoms with Crippen molar-refractivity contribution in [1.82, 2.24) is 15.2 Å². The van der Waals surface area contributed by atoms with Crippen LogP contribution >= 0.6 is 0 Å². The highest BCUT2D eigenvalue weighted by Crippen LogP contribution is 2.26. The molecule has 1 heterocycles. The number of ether oxygens (including phenoxy) is 1. The minimum absolute atomic E-state index is 0.0455. The Balaban J connectivity index is 2.33. The number of halogens is 4. The molecule has 0 saturated heterocycles. The van der Waals surface area contributed by atoms with Crippen molar-refractivity contribution < 1.29 is 22.3 Å². The Kier molecular flexibility index (Phi) is 8.66. The Morgan fingerprint density at radius 1 is 1.42 bits per heavy atom. The minimum Gasteiger partial charge on any atom is -0.406 e. The monoisotopic (exact) mass is 444 g/mol. The second kappa shape index (κ2) is 11.0. The Hall–Kier alpha value is -2.82. The van der Waals surface area contributed by atoms with Crippen LogP contribution in [0.2, 0.25) is 0 Å². The van der Waals surface area contributed by atoms with Gasteiger partial charge >= 0.3 is 6.36 Å². The van der Waals surface area contributed by atoms with Gasteiger partial charge < -0.3 is 15.4 Å². The number of benzene rings is 1. The van der Waals surface area contributed by atoms with Crippen LogP contribution in [-0.2, 0) is 6.54 Å². The molecule has 172 valence electrons. The molecular weight excluding hydrogens is 416 g/mol. The van der Waals surface area contributed by atoms with Crippen LogP contribution in [0.5, 0.6) is 5.75 Å². The normalized spacial score (nSPS) is 17.8. The molecule has 1 aliphatic rings. The number of nitrogens with zero attached hydrogens (tertiary/aromatic N) is 4. The van der Waals surface area contributed by atoms with Gasteiger partial charge in [-0.2, -0.15) is 0 Å². The summed E-state index contributed by atoms with van der Waals surface area (Å²) < 4.78 is 56.3. The summed E-state index contributed by atoms with van der Waals surface area (Å²) in [5.41, 5.74) is 9.72. The van der Waals surface area contributed by atoms with Gasteiger partial charge in [0.1, 0.15) is 11.6 Å². The van der Waals surface area contributed by atoms with Crippen LogP contribution in [0.4, 0.5) is 17.6 Å². The van der Waals surface area contributed by atoms with Gasteiger partial charge in [-0.25, -0.2) is 4.39 Å². The SMILES string of the molecule is CCN=C(C)CCN(Cc1cc(OC(F)(F)F)ccc1F)C1CC=CNN=C(N)N1C. The zero-order valence-corrected chi connectivity index (χ0v) is 17.8. The summed E-state index contributed by atoms with van der Waals surface area (Å²) in [6.07, 6.45) is -0.515. The maximum Gasteiger partial charge on any atom is 0.573 e. The number of rotatable bonds is 8. The van der Waals surface area contributed by atoms with E-state index in [4.69, 9.17) is 5.73 Å². The van der Waals surface area contributed by atoms with Crippen LogP contribution in [0.25, 0.3) is 0 Å². The van der Waals surface area contributed by atoms with Crippen molar-refractivity contribution in [1.29, 1.82) is 0 Å². The highest BCUT2D eigenvalue weighted by molar-refractivity contribution is 5.82. The molecule has 0 bridgehead atoms. The lowest BCUT2D eigenvalue weighted by atomic mass is 10.1. The van der Waals surface area contributed by atoms with Crippen LogP contribution in [-0.4, -0.2) is 54.1 Å². The highest BCUT2D eigenvalue weighted by Gasteiger charge is 2.32. The van der Waals surface area contributed by atoms with E-state index in [2.05, 4.69) is 20.3 Å². The topological polar surface area (TPSA) is 78.5 Å². The fourth-order valence-corrected chi connectivity index (χ4v) is 3.21. The second-order valence-electron chi connectivity index (χ2n) is 7.06. The molecular formula is C20H28F4N6O. The van der Waals surface area contributed by atoms with Gasteiger partial charge in [0.15, 0.2) is 0 Å². The van der Waals surface area contributed by atoms with Crippen LogP contribution < -0.4 is 15.9 Å². The van der Waals surface area contributed by atoms with Gasteiger partial charge in [-0.1, -0.05) is 6.08 Å². The molecule has 1 aromatic rings. The molecule has 0 aromatic heterocycles. The molecule has 0 fully saturated rings. The summed E-state index contributed by atoms with van der Waals surface area (Å²) in [5, 5.41) is 4.02. The van der Waals surface area contributed by atoms with Crippen molar-refractivity contribution >= 4 is 11.7 Å². The average Bonchev–Trinajstić information content (AvgIpc) is 2.68. The van der Waals surface area contributed by atoms with Crippen molar-refractivity contribution in [3.63, 3.8) is 0 Å². The van der Waals surface area contributed by atoms with Crippen molar-refractivity contribution in [3.05, 3.63) is 41.9 Å². The molecule has 11 heteroatoms. The number of guanidine groups is 1. The van der Waals surface area contributed by atoms with Crippen molar-refractivity contribution in [2.75, 3.05) is 20.1 Å². The summed E-state index contributed by atoms with van der Waals surface area (Å²) in [5.74, 6) is -0.859. The third-order valence-electron chi connectivity index (χ3n) is 4.76. The lowest BCUT2D eigenvalue weighted by Gasteiger charge is -2.38. The quantitative estimate of drug-likeness (QED) is 0.475. The van der Waals surface area contributed by atoms with Gasteiger partial charge in [0.2, 0.25) is 5.96 Å². The Morgan fingerprint density at radius 2 is 2.16 bits per heavy atom. The number of hydrogen-bond acceptors (Lipinski definition) is 7. The van der Waals surface area contributed by atoms with E-state index >= 15 is 0 Å². The number of alkyl halides is 3. The molecule has 0 spiro atoms. The van der Waals surface area contributed by atoms with Crippen LogP contribution in [0.1, 0.15) is 32.3 Å². The number of nitrogens with one attached hydrogen (secondary N) is 1. The molecule has 2 rings (SSSR count). The molecule has 1 aromatic carbocycles. The van der Waals surface area contributed by atoms with E-state index < -0.39 is 17.9 Å². The summed E-state index contributed by atoms with van der Waals surface area (Å²) in [6.45, 7) is 5.02. The smallest absolute Gasteiger partial charge is 0.406 e. The van der Waals surface area contributed by atoms with E-state index in [1.807, 2.05) is 24.8 Å². The van der Waals surface area contributed by atoms with Gasteiger partial charge in [0.25, 0.3) is 0 Å². The molecule has 1 aliphatic heterocycles. The lowest BCUT2D eigenvalue weighted by molar-refractivity contribution is -0.274. The summed E-state index contributed by atoms with van der Waals surface area (Å²) in [6, 6.07) is 3.00. The van der Waals surface area contributed by atoms with E-state index in [-0.39, 0.29) is 24.2 Å². The first-order valence-electron chi connectivity index (χ1n) is 9.85. The molecule has 7 nitrogen and oxygen atoms in total. The summed E-state index contributed by atoms with van der Waals surface area (Å²) in [7, 11) is 1.75.